The molecule has 6 nitrogen and oxygen atoms in total. The highest BCUT2D eigenvalue weighted by Gasteiger charge is 2.27. The molecule has 3 rings (SSSR count). The average Bonchev–Trinajstić information content (AvgIpc) is 3.06. The van der Waals surface area contributed by atoms with Crippen LogP contribution in [0.5, 0.6) is 0 Å². The van der Waals surface area contributed by atoms with Crippen molar-refractivity contribution in [3.8, 4) is 0 Å². The van der Waals surface area contributed by atoms with Crippen LogP contribution in [0.4, 0.5) is 4.79 Å². The number of thiazole rings is 1. The van der Waals surface area contributed by atoms with Crippen molar-refractivity contribution in [2.24, 2.45) is 0 Å². The second kappa shape index (κ2) is 8.60. The molecule has 0 bridgehead atoms. The zero-order valence-corrected chi connectivity index (χ0v) is 16.2. The van der Waals surface area contributed by atoms with Gasteiger partial charge in [-0.05, 0) is 25.5 Å². The smallest absolute Gasteiger partial charge is 0.321 e. The van der Waals surface area contributed by atoms with E-state index in [2.05, 4.69) is 22.8 Å². The molecule has 0 saturated carbocycles. The van der Waals surface area contributed by atoms with Crippen LogP contribution < -0.4 is 15.5 Å². The molecule has 1 aromatic heterocycles. The average molecular weight is 376 g/mol. The SMILES string of the molecule is CC[C@H](C)NC(=O)NC(=O)C[NH+]1CCC(c2nc3ccccc3s2)CC1. The van der Waals surface area contributed by atoms with Crippen molar-refractivity contribution in [1.82, 2.24) is 15.6 Å². The summed E-state index contributed by atoms with van der Waals surface area (Å²) in [4.78, 5) is 29.8. The first kappa shape index (κ1) is 18.8. The van der Waals surface area contributed by atoms with Crippen LogP contribution in [-0.4, -0.2) is 42.6 Å². The lowest BCUT2D eigenvalue weighted by Crippen LogP contribution is -3.14. The van der Waals surface area contributed by atoms with E-state index in [1.54, 1.807) is 11.3 Å². The number of likely N-dealkylation sites (tertiary alicyclic amines) is 1. The van der Waals surface area contributed by atoms with Gasteiger partial charge in [0.15, 0.2) is 6.54 Å². The molecule has 2 aromatic rings. The summed E-state index contributed by atoms with van der Waals surface area (Å²) >= 11 is 1.78. The van der Waals surface area contributed by atoms with Gasteiger partial charge < -0.3 is 10.2 Å². The largest absolute Gasteiger partial charge is 0.335 e. The molecule has 1 fully saturated rings. The Morgan fingerprint density at radius 1 is 1.31 bits per heavy atom. The maximum Gasteiger partial charge on any atom is 0.321 e. The Balaban J connectivity index is 1.46. The fourth-order valence-electron chi connectivity index (χ4n) is 3.27. The van der Waals surface area contributed by atoms with Gasteiger partial charge >= 0.3 is 6.03 Å². The zero-order valence-electron chi connectivity index (χ0n) is 15.4. The number of piperidine rings is 1. The number of hydrogen-bond acceptors (Lipinski definition) is 4. The highest BCUT2D eigenvalue weighted by Crippen LogP contribution is 2.31. The van der Waals surface area contributed by atoms with E-state index in [0.717, 1.165) is 37.9 Å². The van der Waals surface area contributed by atoms with Crippen molar-refractivity contribution >= 4 is 33.5 Å². The molecule has 7 heteroatoms. The predicted octanol–water partition coefficient (Wildman–Crippen LogP) is 1.68. The van der Waals surface area contributed by atoms with E-state index < -0.39 is 6.03 Å². The van der Waals surface area contributed by atoms with Gasteiger partial charge in [-0.15, -0.1) is 11.3 Å². The van der Waals surface area contributed by atoms with Gasteiger partial charge in [0.05, 0.1) is 28.3 Å². The van der Waals surface area contributed by atoms with Crippen LogP contribution in [0.1, 0.15) is 44.0 Å². The van der Waals surface area contributed by atoms with Crippen LogP contribution in [0.25, 0.3) is 10.2 Å². The number of amides is 3. The molecule has 3 N–H and O–H groups in total. The Hall–Kier alpha value is -1.99. The highest BCUT2D eigenvalue weighted by atomic mass is 32.1. The number of hydrogen-bond donors (Lipinski definition) is 3. The zero-order chi connectivity index (χ0) is 18.5. The topological polar surface area (TPSA) is 75.5 Å². The molecule has 1 aliphatic heterocycles. The van der Waals surface area contributed by atoms with Crippen molar-refractivity contribution in [3.63, 3.8) is 0 Å². The Kier molecular flexibility index (Phi) is 6.21. The Labute approximate surface area is 158 Å². The maximum atomic E-state index is 12.1. The molecule has 1 atom stereocenters. The highest BCUT2D eigenvalue weighted by molar-refractivity contribution is 7.18. The fourth-order valence-corrected chi connectivity index (χ4v) is 4.41. The van der Waals surface area contributed by atoms with Gasteiger partial charge in [0.25, 0.3) is 5.91 Å². The molecule has 2 heterocycles. The van der Waals surface area contributed by atoms with Crippen molar-refractivity contribution in [2.45, 2.75) is 45.1 Å². The first-order valence-electron chi connectivity index (χ1n) is 9.34. The molecule has 26 heavy (non-hydrogen) atoms. The molecule has 1 saturated heterocycles. The van der Waals surface area contributed by atoms with Gasteiger partial charge in [-0.1, -0.05) is 19.1 Å². The summed E-state index contributed by atoms with van der Waals surface area (Å²) in [5, 5.41) is 6.40. The fraction of sp³-hybridized carbons (Fsp3) is 0.526. The van der Waals surface area contributed by atoms with Crippen LogP contribution >= 0.6 is 11.3 Å². The summed E-state index contributed by atoms with van der Waals surface area (Å²) in [6.07, 6.45) is 2.90. The third kappa shape index (κ3) is 4.80. The molecule has 0 spiro atoms. The van der Waals surface area contributed by atoms with E-state index in [0.29, 0.717) is 12.5 Å². The lowest BCUT2D eigenvalue weighted by molar-refractivity contribution is -0.897. The van der Waals surface area contributed by atoms with E-state index >= 15 is 0 Å². The van der Waals surface area contributed by atoms with Crippen molar-refractivity contribution in [3.05, 3.63) is 29.3 Å². The minimum Gasteiger partial charge on any atom is -0.335 e. The number of rotatable bonds is 5. The normalized spacial score (nSPS) is 21.3. The lowest BCUT2D eigenvalue weighted by atomic mass is 9.97. The monoisotopic (exact) mass is 375 g/mol. The van der Waals surface area contributed by atoms with Gasteiger partial charge in [-0.2, -0.15) is 0 Å². The molecule has 3 amide bonds. The van der Waals surface area contributed by atoms with Crippen LogP contribution in [-0.2, 0) is 4.79 Å². The Bertz CT molecular complexity index is 735. The number of quaternary nitrogens is 1. The van der Waals surface area contributed by atoms with Gasteiger partial charge in [-0.3, -0.25) is 10.1 Å². The van der Waals surface area contributed by atoms with Gasteiger partial charge in [0.1, 0.15) is 0 Å². The quantitative estimate of drug-likeness (QED) is 0.744. The summed E-state index contributed by atoms with van der Waals surface area (Å²) in [7, 11) is 0. The summed E-state index contributed by atoms with van der Waals surface area (Å²) in [6.45, 7) is 6.12. The number of imide groups is 1. The number of carbonyl (C=O) groups excluding carboxylic acids is 2. The number of benzene rings is 1. The first-order valence-corrected chi connectivity index (χ1v) is 10.2. The second-order valence-electron chi connectivity index (χ2n) is 7.05. The lowest BCUT2D eigenvalue weighted by Gasteiger charge is -2.27. The number of para-hydroxylation sites is 1. The molecule has 1 aliphatic rings. The molecule has 140 valence electrons. The van der Waals surface area contributed by atoms with Crippen LogP contribution in [0.2, 0.25) is 0 Å². The predicted molar refractivity (Wildman–Crippen MR) is 104 cm³/mol. The summed E-state index contributed by atoms with van der Waals surface area (Å²) in [6, 6.07) is 7.92. The summed E-state index contributed by atoms with van der Waals surface area (Å²) < 4.78 is 1.24. The second-order valence-corrected chi connectivity index (χ2v) is 8.11. The van der Waals surface area contributed by atoms with E-state index in [1.165, 1.54) is 14.6 Å². The molecule has 0 unspecified atom stereocenters. The minimum absolute atomic E-state index is 0.0692. The van der Waals surface area contributed by atoms with Crippen molar-refractivity contribution < 1.29 is 14.5 Å². The summed E-state index contributed by atoms with van der Waals surface area (Å²) in [5.41, 5.74) is 1.08. The third-order valence-electron chi connectivity index (χ3n) is 5.01. The van der Waals surface area contributed by atoms with Crippen LogP contribution in [0.3, 0.4) is 0 Å². The third-order valence-corrected chi connectivity index (χ3v) is 6.20. The minimum atomic E-state index is -0.395. The number of nitrogens with one attached hydrogen (secondary N) is 3. The molecule has 0 radical (unpaired) electrons. The van der Waals surface area contributed by atoms with Gasteiger partial charge in [0, 0.05) is 24.8 Å². The van der Waals surface area contributed by atoms with Crippen LogP contribution in [0.15, 0.2) is 24.3 Å². The number of nitrogens with zero attached hydrogens (tertiary/aromatic N) is 1. The van der Waals surface area contributed by atoms with Crippen molar-refractivity contribution in [2.75, 3.05) is 19.6 Å². The van der Waals surface area contributed by atoms with Crippen LogP contribution in [0, 0.1) is 0 Å². The molecule has 0 aliphatic carbocycles. The number of aromatic nitrogens is 1. The summed E-state index contributed by atoms with van der Waals surface area (Å²) in [5.74, 6) is 0.271. The molecule has 1 aromatic carbocycles. The van der Waals surface area contributed by atoms with Crippen molar-refractivity contribution in [1.29, 1.82) is 0 Å². The number of urea groups is 1. The van der Waals surface area contributed by atoms with Gasteiger partial charge in [0.2, 0.25) is 0 Å². The van der Waals surface area contributed by atoms with E-state index in [1.807, 2.05) is 26.0 Å². The van der Waals surface area contributed by atoms with E-state index in [-0.39, 0.29) is 11.9 Å². The number of carbonyl (C=O) groups is 2. The first-order chi connectivity index (χ1) is 12.5. The maximum absolute atomic E-state index is 12.1. The van der Waals surface area contributed by atoms with Gasteiger partial charge in [-0.25, -0.2) is 9.78 Å². The standard InChI is InChI=1S/C19H26N4O2S/c1-3-13(2)20-19(25)22-17(24)12-23-10-8-14(9-11-23)18-21-15-6-4-5-7-16(15)26-18/h4-7,13-14H,3,8-12H2,1-2H3,(H2,20,22,24,25)/p+1/t13-/m0/s1. The Morgan fingerprint density at radius 3 is 2.73 bits per heavy atom. The molecular formula is C19H27N4O2S+. The van der Waals surface area contributed by atoms with E-state index in [9.17, 15) is 9.59 Å². The Morgan fingerprint density at radius 2 is 2.04 bits per heavy atom. The molecular weight excluding hydrogens is 348 g/mol. The van der Waals surface area contributed by atoms with E-state index in [4.69, 9.17) is 4.98 Å². The number of fused-ring (bicyclic) bond motifs is 1.